The highest BCUT2D eigenvalue weighted by atomic mass is 35.5. The van der Waals surface area contributed by atoms with Crippen molar-refractivity contribution in [3.05, 3.63) is 63.7 Å². The maximum atomic E-state index is 13.4. The molecule has 3 rings (SSSR count). The molecule has 0 unspecified atom stereocenters. The molecule has 0 fully saturated rings. The van der Waals surface area contributed by atoms with Crippen LogP contribution in [-0.4, -0.2) is 17.4 Å². The molecule has 0 aliphatic heterocycles. The van der Waals surface area contributed by atoms with Crippen LogP contribution in [0, 0.1) is 5.82 Å². The summed E-state index contributed by atoms with van der Waals surface area (Å²) in [6.07, 6.45) is 0. The summed E-state index contributed by atoms with van der Waals surface area (Å²) in [6.45, 7) is 5.66. The number of halogens is 2. The third kappa shape index (κ3) is 4.28. The number of anilines is 1. The second-order valence-electron chi connectivity index (χ2n) is 7.10. The van der Waals surface area contributed by atoms with Gasteiger partial charge in [0, 0.05) is 16.5 Å². The maximum Gasteiger partial charge on any atom is 0.263 e. The highest BCUT2D eigenvalue weighted by Gasteiger charge is 2.22. The van der Waals surface area contributed by atoms with E-state index < -0.39 is 17.3 Å². The van der Waals surface area contributed by atoms with Gasteiger partial charge in [0.15, 0.2) is 0 Å². The molecule has 2 amide bonds. The Bertz CT molecular complexity index is 1040. The molecule has 0 aliphatic carbocycles. The third-order valence-corrected chi connectivity index (χ3v) is 5.43. The van der Waals surface area contributed by atoms with Crippen LogP contribution in [0.5, 0.6) is 0 Å². The number of rotatable bonds is 3. The molecule has 7 heteroatoms. The van der Waals surface area contributed by atoms with Crippen molar-refractivity contribution in [2.24, 2.45) is 0 Å². The van der Waals surface area contributed by atoms with Gasteiger partial charge in [-0.2, -0.15) is 0 Å². The normalized spacial score (nSPS) is 11.4. The van der Waals surface area contributed by atoms with Gasteiger partial charge in [-0.3, -0.25) is 9.59 Å². The van der Waals surface area contributed by atoms with Crippen LogP contribution in [0.3, 0.4) is 0 Å². The molecule has 0 radical (unpaired) electrons. The van der Waals surface area contributed by atoms with E-state index in [1.807, 2.05) is 20.8 Å². The minimum atomic E-state index is -0.485. The number of hydrogen-bond donors (Lipinski definition) is 2. The van der Waals surface area contributed by atoms with Crippen molar-refractivity contribution < 1.29 is 14.0 Å². The van der Waals surface area contributed by atoms with Crippen molar-refractivity contribution in [3.8, 4) is 0 Å². The summed E-state index contributed by atoms with van der Waals surface area (Å²) in [5, 5.41) is 6.68. The Balaban J connectivity index is 1.97. The monoisotopic (exact) mass is 404 g/mol. The van der Waals surface area contributed by atoms with E-state index in [2.05, 4.69) is 10.6 Å². The molecular formula is C20H18ClFN2O2S. The fourth-order valence-electron chi connectivity index (χ4n) is 2.56. The molecule has 4 nitrogen and oxygen atoms in total. The molecule has 0 bridgehead atoms. The highest BCUT2D eigenvalue weighted by Crippen LogP contribution is 2.39. The van der Waals surface area contributed by atoms with Crippen molar-refractivity contribution in [1.29, 1.82) is 0 Å². The van der Waals surface area contributed by atoms with Gasteiger partial charge in [-0.05, 0) is 45.0 Å². The lowest BCUT2D eigenvalue weighted by atomic mass is 10.1. The minimum absolute atomic E-state index is 0.209. The first kappa shape index (κ1) is 19.3. The number of fused-ring (bicyclic) bond motifs is 1. The SMILES string of the molecule is CC(C)(C)NC(=O)c1sc2c(NC(=O)c3cccc(F)c3)cccc2c1Cl. The summed E-state index contributed by atoms with van der Waals surface area (Å²) in [4.78, 5) is 25.4. The van der Waals surface area contributed by atoms with Crippen molar-refractivity contribution >= 4 is 50.5 Å². The molecule has 1 heterocycles. The molecule has 2 aromatic carbocycles. The Labute approximate surface area is 165 Å². The Morgan fingerprint density at radius 1 is 1.07 bits per heavy atom. The van der Waals surface area contributed by atoms with E-state index in [0.29, 0.717) is 25.7 Å². The average molecular weight is 405 g/mol. The number of thiophene rings is 1. The highest BCUT2D eigenvalue weighted by molar-refractivity contribution is 7.22. The largest absolute Gasteiger partial charge is 0.347 e. The van der Waals surface area contributed by atoms with Gasteiger partial charge in [-0.15, -0.1) is 11.3 Å². The van der Waals surface area contributed by atoms with E-state index in [1.165, 1.54) is 35.6 Å². The van der Waals surface area contributed by atoms with Crippen LogP contribution >= 0.6 is 22.9 Å². The lowest BCUT2D eigenvalue weighted by molar-refractivity contribution is 0.0923. The first-order valence-electron chi connectivity index (χ1n) is 8.26. The Morgan fingerprint density at radius 3 is 2.44 bits per heavy atom. The summed E-state index contributed by atoms with van der Waals surface area (Å²) >= 11 is 7.62. The second-order valence-corrected chi connectivity index (χ2v) is 8.49. The van der Waals surface area contributed by atoms with Crippen LogP contribution in [0.25, 0.3) is 10.1 Å². The number of carbonyl (C=O) groups excluding carboxylic acids is 2. The first-order valence-corrected chi connectivity index (χ1v) is 9.45. The zero-order valence-electron chi connectivity index (χ0n) is 15.0. The fraction of sp³-hybridized carbons (Fsp3) is 0.200. The lowest BCUT2D eigenvalue weighted by Gasteiger charge is -2.19. The van der Waals surface area contributed by atoms with Gasteiger partial charge in [0.1, 0.15) is 10.7 Å². The molecule has 3 aromatic rings. The molecule has 27 heavy (non-hydrogen) atoms. The van der Waals surface area contributed by atoms with Crippen LogP contribution in [-0.2, 0) is 0 Å². The number of nitrogens with one attached hydrogen (secondary N) is 2. The van der Waals surface area contributed by atoms with Crippen LogP contribution in [0.2, 0.25) is 5.02 Å². The summed E-state index contributed by atoms with van der Waals surface area (Å²) in [6, 6.07) is 10.7. The zero-order chi connectivity index (χ0) is 19.8. The van der Waals surface area contributed by atoms with E-state index in [0.717, 1.165) is 0 Å². The molecule has 0 saturated carbocycles. The molecule has 0 saturated heterocycles. The van der Waals surface area contributed by atoms with E-state index in [1.54, 1.807) is 18.2 Å². The van der Waals surface area contributed by atoms with Crippen molar-refractivity contribution in [2.75, 3.05) is 5.32 Å². The average Bonchev–Trinajstić information content (AvgIpc) is 2.92. The molecule has 0 spiro atoms. The lowest BCUT2D eigenvalue weighted by Crippen LogP contribution is -2.40. The quantitative estimate of drug-likeness (QED) is 0.607. The third-order valence-electron chi connectivity index (χ3n) is 3.68. The van der Waals surface area contributed by atoms with E-state index in [9.17, 15) is 14.0 Å². The molecule has 0 atom stereocenters. The van der Waals surface area contributed by atoms with Crippen LogP contribution in [0.1, 0.15) is 40.8 Å². The Morgan fingerprint density at radius 2 is 1.78 bits per heavy atom. The van der Waals surface area contributed by atoms with Gasteiger partial charge in [-0.1, -0.05) is 29.8 Å². The predicted octanol–water partition coefficient (Wildman–Crippen LogP) is 5.47. The standard InChI is InChI=1S/C20H18ClFN2O2S/c1-20(2,3)24-19(26)17-15(21)13-8-5-9-14(16(13)27-17)23-18(25)11-6-4-7-12(22)10-11/h4-10H,1-3H3,(H,23,25)(H,24,26). The van der Waals surface area contributed by atoms with Crippen molar-refractivity contribution in [1.82, 2.24) is 5.32 Å². The van der Waals surface area contributed by atoms with E-state index >= 15 is 0 Å². The van der Waals surface area contributed by atoms with Gasteiger partial charge < -0.3 is 10.6 Å². The van der Waals surface area contributed by atoms with Crippen molar-refractivity contribution in [3.63, 3.8) is 0 Å². The fourth-order valence-corrected chi connectivity index (χ4v) is 4.03. The Kier molecular flexibility index (Phi) is 5.22. The van der Waals surface area contributed by atoms with Crippen molar-refractivity contribution in [2.45, 2.75) is 26.3 Å². The van der Waals surface area contributed by atoms with Gasteiger partial charge in [-0.25, -0.2) is 4.39 Å². The van der Waals surface area contributed by atoms with Crippen LogP contribution in [0.15, 0.2) is 42.5 Å². The van der Waals surface area contributed by atoms with Gasteiger partial charge in [0.2, 0.25) is 0 Å². The van der Waals surface area contributed by atoms with Crippen LogP contribution in [0.4, 0.5) is 10.1 Å². The molecule has 140 valence electrons. The zero-order valence-corrected chi connectivity index (χ0v) is 16.6. The summed E-state index contributed by atoms with van der Waals surface area (Å²) < 4.78 is 14.0. The van der Waals surface area contributed by atoms with Gasteiger partial charge in [0.25, 0.3) is 11.8 Å². The van der Waals surface area contributed by atoms with Gasteiger partial charge >= 0.3 is 0 Å². The summed E-state index contributed by atoms with van der Waals surface area (Å²) in [5.41, 5.74) is 0.328. The molecule has 1 aromatic heterocycles. The minimum Gasteiger partial charge on any atom is -0.347 e. The first-order chi connectivity index (χ1) is 12.7. The van der Waals surface area contributed by atoms with E-state index in [4.69, 9.17) is 11.6 Å². The number of amides is 2. The topological polar surface area (TPSA) is 58.2 Å². The molecule has 0 aliphatic rings. The van der Waals surface area contributed by atoms with E-state index in [-0.39, 0.29) is 11.5 Å². The predicted molar refractivity (Wildman–Crippen MR) is 108 cm³/mol. The number of carbonyl (C=O) groups is 2. The second kappa shape index (κ2) is 7.29. The smallest absolute Gasteiger partial charge is 0.263 e. The summed E-state index contributed by atoms with van der Waals surface area (Å²) in [5.74, 6) is -1.19. The molecular weight excluding hydrogens is 387 g/mol. The van der Waals surface area contributed by atoms with Crippen LogP contribution < -0.4 is 10.6 Å². The maximum absolute atomic E-state index is 13.4. The number of hydrogen-bond acceptors (Lipinski definition) is 3. The summed E-state index contributed by atoms with van der Waals surface area (Å²) in [7, 11) is 0. The Hall–Kier alpha value is -2.44. The number of benzene rings is 2. The molecule has 2 N–H and O–H groups in total. The van der Waals surface area contributed by atoms with Gasteiger partial charge in [0.05, 0.1) is 15.4 Å².